The van der Waals surface area contributed by atoms with Crippen LogP contribution in [0.5, 0.6) is 0 Å². The molecule has 0 aliphatic carbocycles. The average molecular weight is 540 g/mol. The second-order valence-corrected chi connectivity index (χ2v) is 9.83. The number of allylic oxidation sites excluding steroid dienone is 4. The average Bonchev–Trinajstić information content (AvgIpc) is 2.71. The van der Waals surface area contributed by atoms with E-state index < -0.39 is 27.5 Å². The summed E-state index contributed by atoms with van der Waals surface area (Å²) in [6.45, 7) is 17.7. The molecule has 0 nitrogen and oxygen atoms in total. The maximum atomic E-state index is 14.1. The van der Waals surface area contributed by atoms with Crippen molar-refractivity contribution in [1.82, 2.24) is 0 Å². The Morgan fingerprint density at radius 1 is 1.09 bits per heavy atom. The van der Waals surface area contributed by atoms with Gasteiger partial charge in [0.2, 0.25) is 0 Å². The lowest BCUT2D eigenvalue weighted by Crippen LogP contribution is -2.36. The number of alkyl halides is 3. The summed E-state index contributed by atoms with van der Waals surface area (Å²) < 4.78 is 67.7. The van der Waals surface area contributed by atoms with Crippen LogP contribution in [0.25, 0.3) is 0 Å². The van der Waals surface area contributed by atoms with Crippen molar-refractivity contribution in [2.24, 2.45) is 17.3 Å². The van der Waals surface area contributed by atoms with Crippen LogP contribution in [0, 0.1) is 23.1 Å². The van der Waals surface area contributed by atoms with Crippen LogP contribution in [-0.4, -0.2) is 4.83 Å². The van der Waals surface area contributed by atoms with Crippen LogP contribution in [0.2, 0.25) is 0 Å². The highest BCUT2D eigenvalue weighted by molar-refractivity contribution is 9.10. The fourth-order valence-electron chi connectivity index (χ4n) is 2.92. The van der Waals surface area contributed by atoms with Crippen LogP contribution >= 0.6 is 15.9 Å². The number of rotatable bonds is 9. The van der Waals surface area contributed by atoms with E-state index in [2.05, 4.69) is 42.9 Å². The van der Waals surface area contributed by atoms with Crippen molar-refractivity contribution in [3.05, 3.63) is 72.1 Å². The largest absolute Gasteiger partial charge is 0.310 e. The van der Waals surface area contributed by atoms with E-state index in [9.17, 15) is 22.0 Å². The minimum atomic E-state index is -3.39. The molecule has 0 spiro atoms. The van der Waals surface area contributed by atoms with E-state index in [1.165, 1.54) is 19.1 Å². The summed E-state index contributed by atoms with van der Waals surface area (Å²) in [6.07, 6.45) is 3.57. The molecule has 1 aromatic carbocycles. The van der Waals surface area contributed by atoms with Gasteiger partial charge in [0.05, 0.1) is 5.41 Å². The Bertz CT molecular complexity index is 743. The van der Waals surface area contributed by atoms with Gasteiger partial charge in [-0.3, -0.25) is 0 Å². The van der Waals surface area contributed by atoms with Gasteiger partial charge in [0.15, 0.2) is 0 Å². The minimum Gasteiger partial charge on any atom is -0.212 e. The molecule has 0 fully saturated rings. The molecule has 0 amide bonds. The molecule has 0 saturated carbocycles. The lowest BCUT2D eigenvalue weighted by molar-refractivity contribution is -0.00207. The summed E-state index contributed by atoms with van der Waals surface area (Å²) in [7, 11) is 0. The van der Waals surface area contributed by atoms with Crippen LogP contribution < -0.4 is 0 Å². The Hall–Kier alpha value is -1.43. The van der Waals surface area contributed by atoms with Gasteiger partial charge in [0.25, 0.3) is 0 Å². The van der Waals surface area contributed by atoms with Crippen molar-refractivity contribution in [2.45, 2.75) is 79.0 Å². The monoisotopic (exact) mass is 538 g/mol. The van der Waals surface area contributed by atoms with Crippen molar-refractivity contribution in [3.8, 4) is 0 Å². The molecule has 0 N–H and O–H groups in total. The van der Waals surface area contributed by atoms with Gasteiger partial charge in [0.1, 0.15) is 17.5 Å². The predicted molar refractivity (Wildman–Crippen MR) is 136 cm³/mol. The topological polar surface area (TPSA) is 0 Å². The van der Waals surface area contributed by atoms with E-state index in [-0.39, 0.29) is 18.2 Å². The zero-order valence-corrected chi connectivity index (χ0v) is 22.6. The van der Waals surface area contributed by atoms with Crippen LogP contribution in [0.1, 0.15) is 73.3 Å². The molecule has 0 aliphatic heterocycles. The first kappa shape index (κ1) is 33.7. The summed E-state index contributed by atoms with van der Waals surface area (Å²) >= 11 is 2.25. The van der Waals surface area contributed by atoms with Crippen molar-refractivity contribution in [3.63, 3.8) is 0 Å². The Balaban J connectivity index is 0. The zero-order chi connectivity index (χ0) is 26.4. The summed E-state index contributed by atoms with van der Waals surface area (Å²) in [4.78, 5) is -3.39. The van der Waals surface area contributed by atoms with Crippen molar-refractivity contribution in [1.29, 1.82) is 0 Å². The lowest BCUT2D eigenvalue weighted by Gasteiger charge is -2.35. The molecule has 6 heteroatoms. The molecular weight excluding hydrogens is 499 g/mol. The molecule has 1 aromatic rings. The van der Waals surface area contributed by atoms with Crippen LogP contribution in [0.4, 0.5) is 22.0 Å². The number of halogens is 6. The van der Waals surface area contributed by atoms with E-state index in [1.807, 2.05) is 19.9 Å². The fourth-order valence-corrected chi connectivity index (χ4v) is 3.39. The Morgan fingerprint density at radius 2 is 1.64 bits per heavy atom. The fraction of sp³-hybridized carbons (Fsp3) is 0.556. The van der Waals surface area contributed by atoms with E-state index in [0.29, 0.717) is 12.3 Å². The Kier molecular flexibility index (Phi) is 16.6. The van der Waals surface area contributed by atoms with E-state index in [1.54, 1.807) is 12.1 Å². The molecule has 1 unspecified atom stereocenters. The summed E-state index contributed by atoms with van der Waals surface area (Å²) in [5.74, 6) is -1.09. The Morgan fingerprint density at radius 3 is 2.00 bits per heavy atom. The number of aryl methyl sites for hydroxylation is 1. The van der Waals surface area contributed by atoms with Gasteiger partial charge < -0.3 is 0 Å². The molecule has 33 heavy (non-hydrogen) atoms. The first-order chi connectivity index (χ1) is 15.2. The predicted octanol–water partition coefficient (Wildman–Crippen LogP) is 10.7. The molecule has 1 atom stereocenters. The smallest absolute Gasteiger partial charge is 0.212 e. The molecule has 190 valence electrons. The first-order valence-electron chi connectivity index (χ1n) is 11.2. The quantitative estimate of drug-likeness (QED) is 0.127. The molecule has 0 heterocycles. The second kappa shape index (κ2) is 16.2. The minimum absolute atomic E-state index is 0.0925. The maximum Gasteiger partial charge on any atom is 0.310 e. The highest BCUT2D eigenvalue weighted by Crippen LogP contribution is 2.52. The summed E-state index contributed by atoms with van der Waals surface area (Å²) in [5, 5.41) is 0. The van der Waals surface area contributed by atoms with Gasteiger partial charge in [-0.15, -0.1) is 13.2 Å². The molecule has 1 rings (SSSR count). The molecule has 0 saturated heterocycles. The first-order valence-corrected chi connectivity index (χ1v) is 12.0. The van der Waals surface area contributed by atoms with Gasteiger partial charge in [-0.1, -0.05) is 46.8 Å². The van der Waals surface area contributed by atoms with Crippen LogP contribution in [0.3, 0.4) is 0 Å². The SMILES string of the molecule is C=C.CC(C)CCc1cccc(F)c1.CCC(C)(C(/C(F)=C\CC(C)C)=C(/C)F)C(F)(F)Br. The third-order valence-electron chi connectivity index (χ3n) is 5.14. The molecule has 0 aromatic heterocycles. The molecule has 0 radical (unpaired) electrons. The standard InChI is InChI=1S/C14H21BrF4.C11H15F.C2H4/c1-6-13(5,14(15,18)19)12(10(4)16)11(17)8-7-9(2)3;1-9(2)6-7-10-4-3-5-11(12)8-10;1-2/h8-9H,6-7H2,1-5H3;3-5,8-9H,6-7H2,1-2H3;1-2H2/b11-8+,12-10-;;. The third kappa shape index (κ3) is 12.6. The highest BCUT2D eigenvalue weighted by Gasteiger charge is 2.51. The lowest BCUT2D eigenvalue weighted by atomic mass is 9.78. The van der Waals surface area contributed by atoms with Crippen LogP contribution in [0.15, 0.2) is 60.7 Å². The highest BCUT2D eigenvalue weighted by atomic mass is 79.9. The summed E-state index contributed by atoms with van der Waals surface area (Å²) in [6, 6.07) is 6.84. The number of hydrogen-bond donors (Lipinski definition) is 0. The van der Waals surface area contributed by atoms with Gasteiger partial charge in [-0.05, 0) is 91.1 Å². The molecule has 0 aliphatic rings. The third-order valence-corrected chi connectivity index (χ3v) is 6.01. The van der Waals surface area contributed by atoms with Gasteiger partial charge >= 0.3 is 4.83 Å². The van der Waals surface area contributed by atoms with E-state index in [0.717, 1.165) is 32.3 Å². The zero-order valence-electron chi connectivity index (χ0n) is 21.1. The van der Waals surface area contributed by atoms with Crippen molar-refractivity contribution in [2.75, 3.05) is 0 Å². The van der Waals surface area contributed by atoms with Crippen molar-refractivity contribution >= 4 is 15.9 Å². The summed E-state index contributed by atoms with van der Waals surface area (Å²) in [5.41, 5.74) is -1.38. The van der Waals surface area contributed by atoms with Gasteiger partial charge in [-0.2, -0.15) is 8.78 Å². The normalized spacial score (nSPS) is 14.6. The van der Waals surface area contributed by atoms with Crippen LogP contribution in [-0.2, 0) is 6.42 Å². The maximum absolute atomic E-state index is 14.1. The Labute approximate surface area is 206 Å². The molecule has 0 bridgehead atoms. The van der Waals surface area contributed by atoms with Gasteiger partial charge in [0, 0.05) is 5.57 Å². The molecular formula is C27H40BrF5. The number of hydrogen-bond acceptors (Lipinski definition) is 0. The van der Waals surface area contributed by atoms with E-state index in [4.69, 9.17) is 0 Å². The van der Waals surface area contributed by atoms with Gasteiger partial charge in [-0.25, -0.2) is 13.2 Å². The number of benzene rings is 1. The van der Waals surface area contributed by atoms with Crippen molar-refractivity contribution < 1.29 is 22.0 Å². The van der Waals surface area contributed by atoms with E-state index >= 15 is 0 Å². The second-order valence-electron chi connectivity index (χ2n) is 8.84.